The van der Waals surface area contributed by atoms with E-state index in [0.717, 1.165) is 23.1 Å². The van der Waals surface area contributed by atoms with E-state index in [4.69, 9.17) is 11.6 Å². The molecule has 148 valence electrons. The first-order chi connectivity index (χ1) is 13.1. The summed E-state index contributed by atoms with van der Waals surface area (Å²) < 4.78 is 28.3. The van der Waals surface area contributed by atoms with Gasteiger partial charge in [0.05, 0.1) is 10.9 Å². The van der Waals surface area contributed by atoms with Crippen LogP contribution in [0.25, 0.3) is 6.08 Å². The summed E-state index contributed by atoms with van der Waals surface area (Å²) in [6.45, 7) is 10.6. The predicted octanol–water partition coefficient (Wildman–Crippen LogP) is 5.71. The maximum Gasteiger partial charge on any atom is 0.243 e. The third kappa shape index (κ3) is 3.95. The van der Waals surface area contributed by atoms with Gasteiger partial charge in [0, 0.05) is 17.0 Å². The van der Waals surface area contributed by atoms with Crippen LogP contribution in [-0.2, 0) is 10.0 Å². The molecule has 1 fully saturated rings. The van der Waals surface area contributed by atoms with Gasteiger partial charge in [-0.1, -0.05) is 72.7 Å². The van der Waals surface area contributed by atoms with Crippen molar-refractivity contribution in [3.8, 4) is 0 Å². The third-order valence-electron chi connectivity index (χ3n) is 5.76. The van der Waals surface area contributed by atoms with Gasteiger partial charge in [-0.3, -0.25) is 0 Å². The molecule has 0 aliphatic carbocycles. The SMILES string of the molecule is C=C(C)[C@]1(C)CCN(S(=O)(=O)c2ccc(C)cc2)[C@@H]1/C=C/c1ccc(Cl)cc1. The summed E-state index contributed by atoms with van der Waals surface area (Å²) in [5.74, 6) is 0. The smallest absolute Gasteiger partial charge is 0.207 e. The van der Waals surface area contributed by atoms with Crippen molar-refractivity contribution >= 4 is 27.7 Å². The lowest BCUT2D eigenvalue weighted by molar-refractivity contribution is 0.327. The van der Waals surface area contributed by atoms with Crippen LogP contribution in [0.1, 0.15) is 31.4 Å². The van der Waals surface area contributed by atoms with Gasteiger partial charge in [-0.25, -0.2) is 8.42 Å². The number of halogens is 1. The molecule has 1 aliphatic rings. The molecule has 0 amide bonds. The predicted molar refractivity (Wildman–Crippen MR) is 117 cm³/mol. The number of benzene rings is 2. The highest BCUT2D eigenvalue weighted by Crippen LogP contribution is 2.45. The Labute approximate surface area is 173 Å². The highest BCUT2D eigenvalue weighted by Gasteiger charge is 2.48. The van der Waals surface area contributed by atoms with E-state index in [9.17, 15) is 8.42 Å². The molecule has 3 rings (SSSR count). The highest BCUT2D eigenvalue weighted by atomic mass is 35.5. The second-order valence-corrected chi connectivity index (χ2v) is 10.1. The highest BCUT2D eigenvalue weighted by molar-refractivity contribution is 7.89. The number of hydrogen-bond acceptors (Lipinski definition) is 2. The summed E-state index contributed by atoms with van der Waals surface area (Å²) in [6.07, 6.45) is 4.69. The van der Waals surface area contributed by atoms with Crippen molar-refractivity contribution in [1.29, 1.82) is 0 Å². The fourth-order valence-corrected chi connectivity index (χ4v) is 5.42. The zero-order valence-corrected chi connectivity index (χ0v) is 18.1. The minimum Gasteiger partial charge on any atom is -0.207 e. The number of aryl methyl sites for hydroxylation is 1. The summed E-state index contributed by atoms with van der Waals surface area (Å²) in [5, 5.41) is 0.674. The van der Waals surface area contributed by atoms with Crippen LogP contribution >= 0.6 is 11.6 Å². The molecule has 0 unspecified atom stereocenters. The molecule has 0 spiro atoms. The van der Waals surface area contributed by atoms with E-state index in [1.807, 2.05) is 62.4 Å². The summed E-state index contributed by atoms with van der Waals surface area (Å²) in [6, 6.07) is 14.2. The van der Waals surface area contributed by atoms with Gasteiger partial charge in [-0.2, -0.15) is 4.31 Å². The van der Waals surface area contributed by atoms with Gasteiger partial charge >= 0.3 is 0 Å². The maximum absolute atomic E-state index is 13.4. The van der Waals surface area contributed by atoms with Gasteiger partial charge in [-0.05, 0) is 50.1 Å². The molecule has 5 heteroatoms. The summed E-state index contributed by atoms with van der Waals surface area (Å²) in [4.78, 5) is 0.328. The second kappa shape index (κ2) is 7.86. The second-order valence-electron chi connectivity index (χ2n) is 7.73. The molecule has 1 heterocycles. The van der Waals surface area contributed by atoms with Crippen LogP contribution in [0.4, 0.5) is 0 Å². The van der Waals surface area contributed by atoms with E-state index in [1.54, 1.807) is 16.4 Å². The molecule has 28 heavy (non-hydrogen) atoms. The van der Waals surface area contributed by atoms with Crippen molar-refractivity contribution < 1.29 is 8.42 Å². The Morgan fingerprint density at radius 2 is 1.79 bits per heavy atom. The van der Waals surface area contributed by atoms with Crippen molar-refractivity contribution in [3.63, 3.8) is 0 Å². The van der Waals surface area contributed by atoms with Gasteiger partial charge in [-0.15, -0.1) is 0 Å². The molecule has 2 atom stereocenters. The van der Waals surface area contributed by atoms with Crippen LogP contribution in [0.3, 0.4) is 0 Å². The Bertz CT molecular complexity index is 994. The standard InChI is InChI=1S/C23H26ClNO2S/c1-17(2)23(4)15-16-25(28(26,27)21-12-5-18(3)6-13-21)22(23)14-9-19-7-10-20(24)11-8-19/h5-14,22H,1,15-16H2,2-4H3/b14-9+/t22-,23+/m1/s1. The number of nitrogens with zero attached hydrogens (tertiary/aromatic N) is 1. The van der Waals surface area contributed by atoms with E-state index in [0.29, 0.717) is 16.5 Å². The molecule has 1 saturated heterocycles. The van der Waals surface area contributed by atoms with Gasteiger partial charge in [0.25, 0.3) is 0 Å². The lowest BCUT2D eigenvalue weighted by Gasteiger charge is -2.33. The van der Waals surface area contributed by atoms with Crippen molar-refractivity contribution in [3.05, 3.63) is 82.9 Å². The van der Waals surface area contributed by atoms with Crippen molar-refractivity contribution in [1.82, 2.24) is 4.31 Å². The average Bonchev–Trinajstić information content (AvgIpc) is 3.00. The maximum atomic E-state index is 13.4. The fraction of sp³-hybridized carbons (Fsp3) is 0.304. The first-order valence-electron chi connectivity index (χ1n) is 9.33. The molecule has 0 N–H and O–H groups in total. The van der Waals surface area contributed by atoms with Crippen molar-refractivity contribution in [2.24, 2.45) is 5.41 Å². The molecule has 0 saturated carbocycles. The van der Waals surface area contributed by atoms with Gasteiger partial charge in [0.1, 0.15) is 0 Å². The minimum atomic E-state index is -3.60. The Morgan fingerprint density at radius 3 is 2.36 bits per heavy atom. The van der Waals surface area contributed by atoms with Crippen LogP contribution in [-0.4, -0.2) is 25.3 Å². The zero-order chi connectivity index (χ0) is 20.5. The Balaban J connectivity index is 2.00. The Kier molecular flexibility index (Phi) is 5.85. The first-order valence-corrected chi connectivity index (χ1v) is 11.1. The van der Waals surface area contributed by atoms with Crippen molar-refractivity contribution in [2.45, 2.75) is 38.1 Å². The molecule has 2 aromatic carbocycles. The van der Waals surface area contributed by atoms with E-state index >= 15 is 0 Å². The zero-order valence-electron chi connectivity index (χ0n) is 16.5. The number of rotatable bonds is 5. The molecule has 2 aromatic rings. The average molecular weight is 416 g/mol. The largest absolute Gasteiger partial charge is 0.243 e. The lowest BCUT2D eigenvalue weighted by atomic mass is 9.77. The molecule has 0 aromatic heterocycles. The van der Waals surface area contributed by atoms with E-state index in [1.165, 1.54) is 0 Å². The molecule has 3 nitrogen and oxygen atoms in total. The Morgan fingerprint density at radius 1 is 1.18 bits per heavy atom. The molecular formula is C23H26ClNO2S. The molecular weight excluding hydrogens is 390 g/mol. The van der Waals surface area contributed by atoms with Crippen LogP contribution in [0, 0.1) is 12.3 Å². The normalized spacial score (nSPS) is 23.4. The van der Waals surface area contributed by atoms with Crippen molar-refractivity contribution in [2.75, 3.05) is 6.54 Å². The lowest BCUT2D eigenvalue weighted by Crippen LogP contribution is -2.40. The minimum absolute atomic E-state index is 0.299. The van der Waals surface area contributed by atoms with E-state index < -0.39 is 10.0 Å². The van der Waals surface area contributed by atoms with Crippen LogP contribution < -0.4 is 0 Å². The van der Waals surface area contributed by atoms with E-state index in [2.05, 4.69) is 13.5 Å². The Hall–Kier alpha value is -1.88. The van der Waals surface area contributed by atoms with Gasteiger partial charge in [0.2, 0.25) is 10.0 Å². The number of sulfonamides is 1. The third-order valence-corrected chi connectivity index (χ3v) is 7.91. The topological polar surface area (TPSA) is 37.4 Å². The van der Waals surface area contributed by atoms with Crippen LogP contribution in [0.15, 0.2) is 71.7 Å². The van der Waals surface area contributed by atoms with Crippen LogP contribution in [0.5, 0.6) is 0 Å². The summed E-state index contributed by atoms with van der Waals surface area (Å²) >= 11 is 5.96. The summed E-state index contributed by atoms with van der Waals surface area (Å²) in [5.41, 5.74) is 2.68. The fourth-order valence-electron chi connectivity index (χ4n) is 3.61. The van der Waals surface area contributed by atoms with Gasteiger partial charge in [0.15, 0.2) is 0 Å². The van der Waals surface area contributed by atoms with Crippen LogP contribution in [0.2, 0.25) is 5.02 Å². The summed E-state index contributed by atoms with van der Waals surface area (Å²) in [7, 11) is -3.60. The van der Waals surface area contributed by atoms with E-state index in [-0.39, 0.29) is 11.5 Å². The molecule has 1 aliphatic heterocycles. The quantitative estimate of drug-likeness (QED) is 0.586. The molecule has 0 radical (unpaired) electrons. The van der Waals surface area contributed by atoms with Gasteiger partial charge < -0.3 is 0 Å². The molecule has 0 bridgehead atoms. The first kappa shape index (κ1) is 20.8. The number of hydrogen-bond donors (Lipinski definition) is 0. The monoisotopic (exact) mass is 415 g/mol.